The minimum Gasteiger partial charge on any atom is -0.496 e. The number of aryl methyl sites for hydroxylation is 1. The van der Waals surface area contributed by atoms with Gasteiger partial charge >= 0.3 is 6.03 Å². The number of rotatable bonds is 8. The Kier molecular flexibility index (Phi) is 7.64. The van der Waals surface area contributed by atoms with Gasteiger partial charge in [-0.15, -0.1) is 5.10 Å². The summed E-state index contributed by atoms with van der Waals surface area (Å²) in [5.74, 6) is 0.756. The van der Waals surface area contributed by atoms with Gasteiger partial charge in [-0.1, -0.05) is 17.3 Å². The standard InChI is InChI=1S/C21H31N5O4/c1-14(2)22-21(28)23-17-9-8-15(30-20(17)13-27)10-11-26-12-18(24-25-26)16-6-4-5-7-19(16)29-3/h4-7,12,14-15,17,20,27H,8-11,13H2,1-3H3,(H2,22,23,28)/t15-,17-,20+/m1/s1. The molecular formula is C21H31N5O4. The summed E-state index contributed by atoms with van der Waals surface area (Å²) < 4.78 is 13.2. The zero-order valence-electron chi connectivity index (χ0n) is 17.7. The van der Waals surface area contributed by atoms with E-state index in [1.54, 1.807) is 11.8 Å². The first-order chi connectivity index (χ1) is 14.5. The van der Waals surface area contributed by atoms with Crippen molar-refractivity contribution in [1.82, 2.24) is 25.6 Å². The molecule has 1 aromatic heterocycles. The number of hydrogen-bond donors (Lipinski definition) is 3. The fourth-order valence-electron chi connectivity index (χ4n) is 3.65. The van der Waals surface area contributed by atoms with E-state index in [0.717, 1.165) is 36.3 Å². The van der Waals surface area contributed by atoms with E-state index < -0.39 is 6.10 Å². The number of aliphatic hydroxyl groups is 1. The Morgan fingerprint density at radius 3 is 2.90 bits per heavy atom. The van der Waals surface area contributed by atoms with Gasteiger partial charge in [0.15, 0.2) is 0 Å². The third kappa shape index (κ3) is 5.70. The minimum atomic E-state index is -0.415. The summed E-state index contributed by atoms with van der Waals surface area (Å²) in [4.78, 5) is 12.0. The SMILES string of the molecule is COc1ccccc1-c1cn(CC[C@H]2CC[C@@H](NC(=O)NC(C)C)[C@H](CO)O2)nn1. The van der Waals surface area contributed by atoms with Crippen LogP contribution in [0.2, 0.25) is 0 Å². The molecule has 1 fully saturated rings. The van der Waals surface area contributed by atoms with E-state index in [0.29, 0.717) is 6.54 Å². The number of methoxy groups -OCH3 is 1. The van der Waals surface area contributed by atoms with E-state index in [4.69, 9.17) is 9.47 Å². The van der Waals surface area contributed by atoms with Crippen LogP contribution in [0.15, 0.2) is 30.5 Å². The lowest BCUT2D eigenvalue weighted by atomic mass is 9.97. The molecule has 0 aliphatic carbocycles. The molecule has 2 heterocycles. The van der Waals surface area contributed by atoms with Crippen molar-refractivity contribution in [3.05, 3.63) is 30.5 Å². The average Bonchev–Trinajstić information content (AvgIpc) is 3.21. The van der Waals surface area contributed by atoms with Gasteiger partial charge in [-0.2, -0.15) is 0 Å². The Hall–Kier alpha value is -2.65. The maximum Gasteiger partial charge on any atom is 0.315 e. The fourth-order valence-corrected chi connectivity index (χ4v) is 3.65. The van der Waals surface area contributed by atoms with Crippen molar-refractivity contribution in [3.63, 3.8) is 0 Å². The molecule has 3 rings (SSSR count). The van der Waals surface area contributed by atoms with Gasteiger partial charge in [0.05, 0.1) is 32.1 Å². The molecule has 164 valence electrons. The predicted octanol–water partition coefficient (Wildman–Crippen LogP) is 1.96. The first kappa shape index (κ1) is 22.0. The summed E-state index contributed by atoms with van der Waals surface area (Å²) in [5, 5.41) is 23.9. The second-order valence-electron chi connectivity index (χ2n) is 7.79. The molecule has 0 bridgehead atoms. The van der Waals surface area contributed by atoms with E-state index in [-0.39, 0.29) is 30.8 Å². The van der Waals surface area contributed by atoms with E-state index in [1.165, 1.54) is 0 Å². The number of aliphatic hydroxyl groups excluding tert-OH is 1. The second kappa shape index (κ2) is 10.4. The van der Waals surface area contributed by atoms with Crippen molar-refractivity contribution >= 4 is 6.03 Å². The molecule has 1 aliphatic heterocycles. The zero-order chi connectivity index (χ0) is 21.5. The van der Waals surface area contributed by atoms with Crippen LogP contribution in [0.5, 0.6) is 5.75 Å². The number of para-hydroxylation sites is 1. The third-order valence-corrected chi connectivity index (χ3v) is 5.13. The first-order valence-corrected chi connectivity index (χ1v) is 10.4. The van der Waals surface area contributed by atoms with E-state index >= 15 is 0 Å². The third-order valence-electron chi connectivity index (χ3n) is 5.13. The Bertz CT molecular complexity index is 825. The van der Waals surface area contributed by atoms with Crippen LogP contribution in [-0.4, -0.2) is 64.1 Å². The Morgan fingerprint density at radius 1 is 1.37 bits per heavy atom. The molecule has 1 aromatic carbocycles. The molecular weight excluding hydrogens is 386 g/mol. The summed E-state index contributed by atoms with van der Waals surface area (Å²) >= 11 is 0. The van der Waals surface area contributed by atoms with Gasteiger partial charge in [0.2, 0.25) is 0 Å². The lowest BCUT2D eigenvalue weighted by molar-refractivity contribution is -0.0908. The number of nitrogens with one attached hydrogen (secondary N) is 2. The lowest BCUT2D eigenvalue weighted by Gasteiger charge is -2.36. The molecule has 30 heavy (non-hydrogen) atoms. The topological polar surface area (TPSA) is 111 Å². The molecule has 0 saturated carbocycles. The summed E-state index contributed by atoms with van der Waals surface area (Å²) in [6.07, 6.45) is 3.78. The van der Waals surface area contributed by atoms with E-state index in [9.17, 15) is 9.90 Å². The Morgan fingerprint density at radius 2 is 2.17 bits per heavy atom. The number of carbonyl (C=O) groups is 1. The van der Waals surface area contributed by atoms with Crippen molar-refractivity contribution in [2.45, 2.75) is 63.9 Å². The molecule has 0 unspecified atom stereocenters. The molecule has 0 spiro atoms. The highest BCUT2D eigenvalue weighted by molar-refractivity contribution is 5.74. The normalized spacial score (nSPS) is 21.4. The molecule has 2 aromatic rings. The van der Waals surface area contributed by atoms with Gasteiger partial charge in [0.1, 0.15) is 17.5 Å². The van der Waals surface area contributed by atoms with Crippen LogP contribution in [0.3, 0.4) is 0 Å². The zero-order valence-corrected chi connectivity index (χ0v) is 17.7. The van der Waals surface area contributed by atoms with Gasteiger partial charge < -0.3 is 25.2 Å². The quantitative estimate of drug-likeness (QED) is 0.606. The molecule has 1 saturated heterocycles. The predicted molar refractivity (Wildman–Crippen MR) is 112 cm³/mol. The number of carbonyl (C=O) groups excluding carboxylic acids is 1. The van der Waals surface area contributed by atoms with Crippen LogP contribution < -0.4 is 15.4 Å². The summed E-state index contributed by atoms with van der Waals surface area (Å²) in [6, 6.07) is 7.32. The van der Waals surface area contributed by atoms with Gasteiger partial charge in [-0.3, -0.25) is 4.68 Å². The molecule has 2 amide bonds. The molecule has 3 N–H and O–H groups in total. The highest BCUT2D eigenvalue weighted by Gasteiger charge is 2.31. The highest BCUT2D eigenvalue weighted by atomic mass is 16.5. The summed E-state index contributed by atoms with van der Waals surface area (Å²) in [6.45, 7) is 4.32. The van der Waals surface area contributed by atoms with Gasteiger partial charge in [0.25, 0.3) is 0 Å². The number of amides is 2. The molecule has 3 atom stereocenters. The van der Waals surface area contributed by atoms with Gasteiger partial charge in [0, 0.05) is 18.2 Å². The van der Waals surface area contributed by atoms with Crippen molar-refractivity contribution in [2.24, 2.45) is 0 Å². The maximum atomic E-state index is 12.0. The maximum absolute atomic E-state index is 12.0. The molecule has 9 nitrogen and oxygen atoms in total. The fraction of sp³-hybridized carbons (Fsp3) is 0.571. The minimum absolute atomic E-state index is 0.00716. The van der Waals surface area contributed by atoms with Crippen molar-refractivity contribution < 1.29 is 19.4 Å². The molecule has 0 radical (unpaired) electrons. The first-order valence-electron chi connectivity index (χ1n) is 10.4. The largest absolute Gasteiger partial charge is 0.496 e. The molecule has 1 aliphatic rings. The second-order valence-corrected chi connectivity index (χ2v) is 7.79. The van der Waals surface area contributed by atoms with E-state index in [2.05, 4.69) is 20.9 Å². The number of hydrogen-bond acceptors (Lipinski definition) is 6. The molecule has 9 heteroatoms. The summed E-state index contributed by atoms with van der Waals surface area (Å²) in [7, 11) is 1.63. The van der Waals surface area contributed by atoms with Crippen LogP contribution in [0.25, 0.3) is 11.3 Å². The number of urea groups is 1. The smallest absolute Gasteiger partial charge is 0.315 e. The van der Waals surface area contributed by atoms with E-state index in [1.807, 2.05) is 44.3 Å². The summed E-state index contributed by atoms with van der Waals surface area (Å²) in [5.41, 5.74) is 1.65. The van der Waals surface area contributed by atoms with Crippen LogP contribution in [0.1, 0.15) is 33.1 Å². The average molecular weight is 418 g/mol. The van der Waals surface area contributed by atoms with Crippen molar-refractivity contribution in [2.75, 3.05) is 13.7 Å². The number of nitrogens with zero attached hydrogens (tertiary/aromatic N) is 3. The monoisotopic (exact) mass is 417 g/mol. The Labute approximate surface area is 176 Å². The van der Waals surface area contributed by atoms with Crippen molar-refractivity contribution in [3.8, 4) is 17.0 Å². The lowest BCUT2D eigenvalue weighted by Crippen LogP contribution is -2.54. The van der Waals surface area contributed by atoms with Crippen LogP contribution in [-0.2, 0) is 11.3 Å². The van der Waals surface area contributed by atoms with Crippen molar-refractivity contribution in [1.29, 1.82) is 0 Å². The number of aromatic nitrogens is 3. The number of ether oxygens (including phenoxy) is 2. The van der Waals surface area contributed by atoms with Crippen LogP contribution in [0.4, 0.5) is 4.79 Å². The number of benzene rings is 1. The Balaban J connectivity index is 1.52. The highest BCUT2D eigenvalue weighted by Crippen LogP contribution is 2.28. The van der Waals surface area contributed by atoms with Gasteiger partial charge in [-0.25, -0.2) is 4.79 Å². The van der Waals surface area contributed by atoms with Gasteiger partial charge in [-0.05, 0) is 45.2 Å². The van der Waals surface area contributed by atoms with Crippen LogP contribution in [0, 0.1) is 0 Å². The van der Waals surface area contributed by atoms with Crippen LogP contribution >= 0.6 is 0 Å².